The van der Waals surface area contributed by atoms with Crippen LogP contribution in [0.4, 0.5) is 10.1 Å². The number of nitrogens with zero attached hydrogens (tertiary/aromatic N) is 1. The highest BCUT2D eigenvalue weighted by Crippen LogP contribution is 2.35. The normalized spacial score (nSPS) is 11.7. The molecule has 156 valence electrons. The lowest BCUT2D eigenvalue weighted by molar-refractivity contribution is -0.115. The maximum absolute atomic E-state index is 13.9. The van der Waals surface area contributed by atoms with Crippen molar-refractivity contribution < 1.29 is 18.7 Å². The molecule has 0 saturated carbocycles. The Morgan fingerprint density at radius 2 is 1.90 bits per heavy atom. The Balaban J connectivity index is 2.20. The maximum atomic E-state index is 13.9. The zero-order valence-corrected chi connectivity index (χ0v) is 17.4. The smallest absolute Gasteiger partial charge is 0.357 e. The van der Waals surface area contributed by atoms with Gasteiger partial charge in [-0.2, -0.15) is 0 Å². The molecule has 0 bridgehead atoms. The largest absolute Gasteiger partial charge is 0.461 e. The number of hydrogen-bond acceptors (Lipinski definition) is 3. The molecule has 0 spiro atoms. The van der Waals surface area contributed by atoms with E-state index in [0.717, 1.165) is 5.56 Å². The first-order valence-electron chi connectivity index (χ1n) is 9.55. The van der Waals surface area contributed by atoms with Crippen molar-refractivity contribution in [2.75, 3.05) is 11.9 Å². The summed E-state index contributed by atoms with van der Waals surface area (Å²) < 4.78 is 20.8. The van der Waals surface area contributed by atoms with Crippen LogP contribution >= 0.6 is 11.6 Å². The average Bonchev–Trinajstić information content (AvgIpc) is 3.06. The predicted octanol–water partition coefficient (Wildman–Crippen LogP) is 5.09. The van der Waals surface area contributed by atoms with Crippen molar-refractivity contribution in [1.29, 1.82) is 0 Å². The number of carbonyl (C=O) groups excluding carboxylic acids is 2. The van der Waals surface area contributed by atoms with Crippen molar-refractivity contribution in [3.63, 3.8) is 0 Å². The molecule has 1 N–H and O–H groups in total. The fourth-order valence-corrected chi connectivity index (χ4v) is 3.16. The fourth-order valence-electron chi connectivity index (χ4n) is 3.10. The number of rotatable bonds is 7. The molecule has 0 aliphatic carbocycles. The van der Waals surface area contributed by atoms with E-state index in [0.29, 0.717) is 17.7 Å². The summed E-state index contributed by atoms with van der Waals surface area (Å²) in [4.78, 5) is 25.2. The molecular formula is C23H22ClFN2O3. The molecule has 5 nitrogen and oxygen atoms in total. The Morgan fingerprint density at radius 1 is 1.17 bits per heavy atom. The summed E-state index contributed by atoms with van der Waals surface area (Å²) in [6.07, 6.45) is 1.71. The van der Waals surface area contributed by atoms with Crippen molar-refractivity contribution in [2.45, 2.75) is 25.8 Å². The monoisotopic (exact) mass is 428 g/mol. The number of nitrogens with one attached hydrogen (secondary N) is 1. The van der Waals surface area contributed by atoms with Gasteiger partial charge in [0.2, 0.25) is 5.91 Å². The first kappa shape index (κ1) is 21.6. The summed E-state index contributed by atoms with van der Waals surface area (Å²) in [5, 5.41) is 1.91. The number of hydrogen-bond donors (Lipinski definition) is 1. The van der Waals surface area contributed by atoms with Gasteiger partial charge in [-0.1, -0.05) is 42.5 Å². The van der Waals surface area contributed by atoms with Gasteiger partial charge in [0.05, 0.1) is 12.3 Å². The zero-order valence-electron chi connectivity index (χ0n) is 16.7. The summed E-state index contributed by atoms with van der Waals surface area (Å²) in [7, 11) is 0. The highest BCUT2D eigenvalue weighted by molar-refractivity contribution is 6.32. The van der Waals surface area contributed by atoms with Crippen LogP contribution in [0.3, 0.4) is 0 Å². The molecular weight excluding hydrogens is 407 g/mol. The molecule has 3 aromatic rings. The number of carbonyl (C=O) groups is 2. The molecule has 1 amide bonds. The van der Waals surface area contributed by atoms with Crippen LogP contribution in [0.1, 0.15) is 29.9 Å². The third-order valence-electron chi connectivity index (χ3n) is 4.49. The number of anilines is 1. The van der Waals surface area contributed by atoms with Crippen LogP contribution < -0.4 is 5.32 Å². The van der Waals surface area contributed by atoms with Gasteiger partial charge in [0, 0.05) is 18.3 Å². The molecule has 0 fully saturated rings. The maximum Gasteiger partial charge on any atom is 0.357 e. The summed E-state index contributed by atoms with van der Waals surface area (Å²) in [5.74, 6) is -1.49. The van der Waals surface area contributed by atoms with Crippen molar-refractivity contribution in [3.8, 4) is 11.1 Å². The average molecular weight is 429 g/mol. The predicted molar refractivity (Wildman–Crippen MR) is 115 cm³/mol. The number of benzene rings is 2. The second kappa shape index (κ2) is 9.59. The zero-order chi connectivity index (χ0) is 21.7. The number of halogens is 2. The van der Waals surface area contributed by atoms with Gasteiger partial charge >= 0.3 is 5.97 Å². The lowest BCUT2D eigenvalue weighted by Gasteiger charge is -2.13. The molecule has 0 aliphatic heterocycles. The third kappa shape index (κ3) is 4.89. The van der Waals surface area contributed by atoms with Gasteiger partial charge in [0.1, 0.15) is 11.2 Å². The number of aromatic nitrogens is 1. The third-order valence-corrected chi connectivity index (χ3v) is 4.69. The second-order valence-electron chi connectivity index (χ2n) is 6.72. The molecule has 1 heterocycles. The number of amides is 1. The van der Waals surface area contributed by atoms with Crippen LogP contribution in [0, 0.1) is 5.82 Å². The van der Waals surface area contributed by atoms with Gasteiger partial charge in [-0.15, -0.1) is 11.6 Å². The molecule has 2 aromatic carbocycles. The summed E-state index contributed by atoms with van der Waals surface area (Å²) >= 11 is 5.94. The Labute approximate surface area is 179 Å². The molecule has 0 radical (unpaired) electrons. The molecule has 7 heteroatoms. The minimum atomic E-state index is -0.821. The van der Waals surface area contributed by atoms with Crippen molar-refractivity contribution >= 4 is 29.2 Å². The van der Waals surface area contributed by atoms with Crippen LogP contribution in [-0.4, -0.2) is 28.4 Å². The van der Waals surface area contributed by atoms with Crippen LogP contribution in [0.15, 0.2) is 60.8 Å². The van der Waals surface area contributed by atoms with E-state index in [1.807, 2.05) is 30.3 Å². The standard InChI is InChI=1S/C23H22ClFN2O3/c1-3-30-23(29)21-20(26-22(28)15(2)24)19(17-10-7-11-18(25)12-17)14-27(21)13-16-8-5-4-6-9-16/h4-12,14-15H,3,13H2,1-2H3,(H,26,28)/t15-/m0/s1. The first-order chi connectivity index (χ1) is 14.4. The van der Waals surface area contributed by atoms with Crippen LogP contribution in [0.5, 0.6) is 0 Å². The van der Waals surface area contributed by atoms with E-state index in [-0.39, 0.29) is 18.0 Å². The van der Waals surface area contributed by atoms with Crippen molar-refractivity contribution in [2.24, 2.45) is 0 Å². The molecule has 1 aromatic heterocycles. The quantitative estimate of drug-likeness (QED) is 0.421. The van der Waals surface area contributed by atoms with Gasteiger partial charge in [0.25, 0.3) is 0 Å². The highest BCUT2D eigenvalue weighted by Gasteiger charge is 2.26. The van der Waals surface area contributed by atoms with Gasteiger partial charge < -0.3 is 14.6 Å². The lowest BCUT2D eigenvalue weighted by atomic mass is 10.1. The number of esters is 1. The lowest BCUT2D eigenvalue weighted by Crippen LogP contribution is -2.23. The molecule has 30 heavy (non-hydrogen) atoms. The minimum absolute atomic E-state index is 0.171. The highest BCUT2D eigenvalue weighted by atomic mass is 35.5. The van der Waals surface area contributed by atoms with E-state index in [1.165, 1.54) is 19.1 Å². The Morgan fingerprint density at radius 3 is 2.53 bits per heavy atom. The van der Waals surface area contributed by atoms with E-state index >= 15 is 0 Å². The van der Waals surface area contributed by atoms with Crippen molar-refractivity contribution in [3.05, 3.63) is 77.9 Å². The first-order valence-corrected chi connectivity index (χ1v) is 9.99. The van der Waals surface area contributed by atoms with Gasteiger partial charge in [0.15, 0.2) is 5.69 Å². The Kier molecular flexibility index (Phi) is 6.90. The van der Waals surface area contributed by atoms with E-state index in [9.17, 15) is 14.0 Å². The Bertz CT molecular complexity index is 1050. The van der Waals surface area contributed by atoms with E-state index in [2.05, 4.69) is 5.32 Å². The summed E-state index contributed by atoms with van der Waals surface area (Å²) in [6, 6.07) is 15.5. The van der Waals surface area contributed by atoms with E-state index in [1.54, 1.807) is 29.8 Å². The number of alkyl halides is 1. The van der Waals surface area contributed by atoms with Crippen LogP contribution in [0.25, 0.3) is 11.1 Å². The van der Waals surface area contributed by atoms with Gasteiger partial charge in [-0.25, -0.2) is 9.18 Å². The summed E-state index contributed by atoms with van der Waals surface area (Å²) in [5.41, 5.74) is 2.38. The molecule has 1 atom stereocenters. The van der Waals surface area contributed by atoms with Gasteiger partial charge in [-0.05, 0) is 37.1 Å². The van der Waals surface area contributed by atoms with Crippen LogP contribution in [0.2, 0.25) is 0 Å². The minimum Gasteiger partial charge on any atom is -0.461 e. The SMILES string of the molecule is CCOC(=O)c1c(NC(=O)[C@H](C)Cl)c(-c2cccc(F)c2)cn1Cc1ccccc1. The van der Waals surface area contributed by atoms with Crippen LogP contribution in [-0.2, 0) is 16.1 Å². The molecule has 0 aliphatic rings. The topological polar surface area (TPSA) is 60.3 Å². The van der Waals surface area contributed by atoms with Crippen molar-refractivity contribution in [1.82, 2.24) is 4.57 Å². The number of ether oxygens (including phenoxy) is 1. The fraction of sp³-hybridized carbons (Fsp3) is 0.217. The summed E-state index contributed by atoms with van der Waals surface area (Å²) in [6.45, 7) is 3.77. The van der Waals surface area contributed by atoms with E-state index < -0.39 is 23.1 Å². The Hall–Kier alpha value is -3.12. The van der Waals surface area contributed by atoms with Gasteiger partial charge in [-0.3, -0.25) is 4.79 Å². The second-order valence-corrected chi connectivity index (χ2v) is 7.37. The molecule has 3 rings (SSSR count). The van der Waals surface area contributed by atoms with E-state index in [4.69, 9.17) is 16.3 Å². The molecule has 0 saturated heterocycles. The molecule has 0 unspecified atom stereocenters.